The van der Waals surface area contributed by atoms with Crippen molar-refractivity contribution < 1.29 is 13.5 Å². The van der Waals surface area contributed by atoms with Crippen molar-refractivity contribution in [3.05, 3.63) is 81.2 Å². The van der Waals surface area contributed by atoms with Gasteiger partial charge in [-0.2, -0.15) is 5.26 Å². The van der Waals surface area contributed by atoms with Gasteiger partial charge < -0.3 is 15.0 Å². The molecule has 0 bridgehead atoms. The average molecular weight is 543 g/mol. The minimum Gasteiger partial charge on any atom is -0.378 e. The predicted molar refractivity (Wildman–Crippen MR) is 148 cm³/mol. The lowest BCUT2D eigenvalue weighted by Crippen LogP contribution is -2.37. The van der Waals surface area contributed by atoms with Gasteiger partial charge in [0, 0.05) is 42.2 Å². The normalized spacial score (nSPS) is 17.4. The molecule has 0 spiro atoms. The molecule has 2 saturated heterocycles. The van der Waals surface area contributed by atoms with Crippen LogP contribution in [0.15, 0.2) is 41.2 Å². The highest BCUT2D eigenvalue weighted by Gasteiger charge is 2.27. The number of benzene rings is 2. The van der Waals surface area contributed by atoms with Gasteiger partial charge >= 0.3 is 0 Å². The number of pyridine rings is 1. The van der Waals surface area contributed by atoms with Crippen molar-refractivity contribution in [1.29, 1.82) is 5.26 Å². The van der Waals surface area contributed by atoms with Crippen LogP contribution in [0.4, 0.5) is 14.5 Å². The molecule has 2 aromatic heterocycles. The van der Waals surface area contributed by atoms with Gasteiger partial charge in [0.1, 0.15) is 11.5 Å². The van der Waals surface area contributed by atoms with Gasteiger partial charge in [-0.1, -0.05) is 0 Å². The third-order valence-corrected chi connectivity index (χ3v) is 7.48. The fraction of sp³-hybridized carbons (Fsp3) is 0.333. The van der Waals surface area contributed by atoms with Crippen molar-refractivity contribution in [1.82, 2.24) is 19.9 Å². The van der Waals surface area contributed by atoms with Gasteiger partial charge in [0.25, 0.3) is 5.56 Å². The first kappa shape index (κ1) is 26.0. The second-order valence-corrected chi connectivity index (χ2v) is 10.3. The number of hydrogen-bond donors (Lipinski definition) is 1. The van der Waals surface area contributed by atoms with Gasteiger partial charge in [-0.25, -0.2) is 13.8 Å². The number of aromatic nitrogens is 3. The summed E-state index contributed by atoms with van der Waals surface area (Å²) in [5, 5.41) is 13.4. The van der Waals surface area contributed by atoms with Gasteiger partial charge in [-0.15, -0.1) is 0 Å². The molecule has 2 aliphatic rings. The average Bonchev–Trinajstić information content (AvgIpc) is 3.47. The Morgan fingerprint density at radius 2 is 1.73 bits per heavy atom. The predicted octanol–water partition coefficient (Wildman–Crippen LogP) is 4.48. The highest BCUT2D eigenvalue weighted by molar-refractivity contribution is 5.94. The number of rotatable bonds is 4. The van der Waals surface area contributed by atoms with E-state index in [2.05, 4.69) is 16.4 Å². The van der Waals surface area contributed by atoms with Crippen LogP contribution < -0.4 is 15.8 Å². The molecule has 1 atom stereocenters. The molecule has 204 valence electrons. The molecule has 0 radical (unpaired) electrons. The number of nitriles is 1. The molecular weight excluding hydrogens is 514 g/mol. The van der Waals surface area contributed by atoms with Crippen LogP contribution in [0.2, 0.25) is 0 Å². The zero-order valence-corrected chi connectivity index (χ0v) is 22.3. The summed E-state index contributed by atoms with van der Waals surface area (Å²) in [6.07, 6.45) is 1.59. The van der Waals surface area contributed by atoms with Crippen molar-refractivity contribution in [2.45, 2.75) is 32.7 Å². The summed E-state index contributed by atoms with van der Waals surface area (Å²) in [6.45, 7) is 6.00. The molecule has 4 heterocycles. The number of ether oxygens (including phenoxy) is 1. The van der Waals surface area contributed by atoms with E-state index in [0.717, 1.165) is 29.9 Å². The van der Waals surface area contributed by atoms with E-state index in [9.17, 15) is 10.1 Å². The Bertz CT molecular complexity index is 1690. The number of fused-ring (bicyclic) bond motifs is 1. The van der Waals surface area contributed by atoms with E-state index >= 15 is 8.78 Å². The Balaban J connectivity index is 1.62. The standard InChI is InChI=1S/C30H28F2N6O2/c1-17-10-20(11-18(2)35-17)22-12-19(16-33)13-23-27(22)36-29(26-4-3-5-34-26)38(30(23)39)21-14-24(31)28(25(32)15-21)37-6-8-40-9-7-37/h10-15,26,34H,3-9H2,1-2H3. The zero-order valence-electron chi connectivity index (χ0n) is 22.3. The summed E-state index contributed by atoms with van der Waals surface area (Å²) in [6, 6.07) is 11.2. The summed E-state index contributed by atoms with van der Waals surface area (Å²) < 4.78 is 37.6. The molecule has 8 nitrogen and oxygen atoms in total. The zero-order chi connectivity index (χ0) is 28.0. The van der Waals surface area contributed by atoms with Crippen LogP contribution in [0.3, 0.4) is 0 Å². The van der Waals surface area contributed by atoms with E-state index in [1.54, 1.807) is 11.0 Å². The molecule has 0 amide bonds. The van der Waals surface area contributed by atoms with Crippen LogP contribution in [0.1, 0.15) is 41.7 Å². The summed E-state index contributed by atoms with van der Waals surface area (Å²) >= 11 is 0. The summed E-state index contributed by atoms with van der Waals surface area (Å²) in [5.41, 5.74) is 3.14. The highest BCUT2D eigenvalue weighted by atomic mass is 19.1. The number of hydrogen-bond acceptors (Lipinski definition) is 7. The Labute approximate surface area is 229 Å². The maximum Gasteiger partial charge on any atom is 0.266 e. The first-order chi connectivity index (χ1) is 19.3. The van der Waals surface area contributed by atoms with Crippen LogP contribution >= 0.6 is 0 Å². The molecule has 6 rings (SSSR count). The monoisotopic (exact) mass is 542 g/mol. The Kier molecular flexibility index (Phi) is 6.78. The lowest BCUT2D eigenvalue weighted by atomic mass is 9.98. The molecule has 10 heteroatoms. The molecule has 0 saturated carbocycles. The molecule has 1 unspecified atom stereocenters. The smallest absolute Gasteiger partial charge is 0.266 e. The largest absolute Gasteiger partial charge is 0.378 e. The van der Waals surface area contributed by atoms with Crippen molar-refractivity contribution in [2.24, 2.45) is 0 Å². The van der Waals surface area contributed by atoms with Crippen molar-refractivity contribution in [3.63, 3.8) is 0 Å². The fourth-order valence-corrected chi connectivity index (χ4v) is 5.74. The maximum atomic E-state index is 15.5. The van der Waals surface area contributed by atoms with E-state index in [4.69, 9.17) is 9.72 Å². The molecular formula is C30H28F2N6O2. The van der Waals surface area contributed by atoms with Crippen molar-refractivity contribution in [2.75, 3.05) is 37.7 Å². The van der Waals surface area contributed by atoms with Crippen LogP contribution in [0, 0.1) is 36.8 Å². The quantitative estimate of drug-likeness (QED) is 0.406. The van der Waals surface area contributed by atoms with Crippen LogP contribution in [-0.4, -0.2) is 47.4 Å². The molecule has 2 aliphatic heterocycles. The highest BCUT2D eigenvalue weighted by Crippen LogP contribution is 2.33. The number of halogens is 2. The Morgan fingerprint density at radius 1 is 1.02 bits per heavy atom. The third kappa shape index (κ3) is 4.61. The SMILES string of the molecule is Cc1cc(-c2cc(C#N)cc3c(=O)n(-c4cc(F)c(N5CCOCC5)c(F)c4)c(C4CCCN4)nc23)cc(C)n1. The van der Waals surface area contributed by atoms with E-state index in [1.165, 1.54) is 22.8 Å². The van der Waals surface area contributed by atoms with E-state index in [0.29, 0.717) is 49.6 Å². The molecule has 0 aliphatic carbocycles. The number of nitrogens with one attached hydrogen (secondary N) is 1. The van der Waals surface area contributed by atoms with Gasteiger partial charge in [0.15, 0.2) is 11.6 Å². The molecule has 4 aromatic rings. The minimum absolute atomic E-state index is 0.0506. The lowest BCUT2D eigenvalue weighted by Gasteiger charge is -2.29. The number of morpholine rings is 1. The second kappa shape index (κ2) is 10.4. The summed E-state index contributed by atoms with van der Waals surface area (Å²) in [5.74, 6) is -1.15. The van der Waals surface area contributed by atoms with Crippen LogP contribution in [0.5, 0.6) is 0 Å². The molecule has 1 N–H and O–H groups in total. The molecule has 40 heavy (non-hydrogen) atoms. The number of aryl methyl sites for hydroxylation is 2. The number of nitrogens with zero attached hydrogens (tertiary/aromatic N) is 5. The molecule has 2 fully saturated rings. The Morgan fingerprint density at radius 3 is 2.35 bits per heavy atom. The van der Waals surface area contributed by atoms with Crippen LogP contribution in [0.25, 0.3) is 27.7 Å². The van der Waals surface area contributed by atoms with Gasteiger partial charge in [0.05, 0.1) is 47.5 Å². The van der Waals surface area contributed by atoms with Gasteiger partial charge in [-0.3, -0.25) is 14.3 Å². The summed E-state index contributed by atoms with van der Waals surface area (Å²) in [4.78, 5) is 25.2. The number of anilines is 1. The van der Waals surface area contributed by atoms with Gasteiger partial charge in [0.2, 0.25) is 0 Å². The first-order valence-corrected chi connectivity index (χ1v) is 13.4. The minimum atomic E-state index is -0.761. The van der Waals surface area contributed by atoms with E-state index in [-0.39, 0.29) is 28.4 Å². The van der Waals surface area contributed by atoms with Gasteiger partial charge in [-0.05, 0) is 63.1 Å². The van der Waals surface area contributed by atoms with E-state index in [1.807, 2.05) is 26.0 Å². The lowest BCUT2D eigenvalue weighted by molar-refractivity contribution is 0.122. The van der Waals surface area contributed by atoms with Crippen molar-refractivity contribution in [3.8, 4) is 22.9 Å². The third-order valence-electron chi connectivity index (χ3n) is 7.48. The maximum absolute atomic E-state index is 15.5. The van der Waals surface area contributed by atoms with Crippen molar-refractivity contribution >= 4 is 16.6 Å². The first-order valence-electron chi connectivity index (χ1n) is 13.4. The second-order valence-electron chi connectivity index (χ2n) is 10.3. The topological polar surface area (TPSA) is 96.1 Å². The molecule has 2 aromatic carbocycles. The Hall–Kier alpha value is -4.20. The van der Waals surface area contributed by atoms with E-state index < -0.39 is 17.2 Å². The van der Waals surface area contributed by atoms with Crippen LogP contribution in [-0.2, 0) is 4.74 Å². The summed E-state index contributed by atoms with van der Waals surface area (Å²) in [7, 11) is 0. The fourth-order valence-electron chi connectivity index (χ4n) is 5.74.